The van der Waals surface area contributed by atoms with Crippen molar-refractivity contribution in [2.45, 2.75) is 19.4 Å². The highest BCUT2D eigenvalue weighted by Crippen LogP contribution is 2.16. The van der Waals surface area contributed by atoms with Gasteiger partial charge in [0.25, 0.3) is 0 Å². The van der Waals surface area contributed by atoms with Crippen LogP contribution in [0.3, 0.4) is 0 Å². The van der Waals surface area contributed by atoms with Crippen LogP contribution in [0.4, 0.5) is 0 Å². The monoisotopic (exact) mass is 294 g/mol. The average molecular weight is 294 g/mol. The van der Waals surface area contributed by atoms with Gasteiger partial charge in [0.05, 0.1) is 6.61 Å². The molecule has 0 unspecified atom stereocenters. The lowest BCUT2D eigenvalue weighted by atomic mass is 10.2. The Morgan fingerprint density at radius 2 is 1.95 bits per heavy atom. The van der Waals surface area contributed by atoms with Crippen molar-refractivity contribution in [2.24, 2.45) is 0 Å². The van der Waals surface area contributed by atoms with Gasteiger partial charge in [-0.15, -0.1) is 0 Å². The van der Waals surface area contributed by atoms with Crippen molar-refractivity contribution in [1.29, 1.82) is 0 Å². The zero-order chi connectivity index (χ0) is 15.0. The molecule has 0 saturated carbocycles. The summed E-state index contributed by atoms with van der Waals surface area (Å²) in [6.45, 7) is 5.76. The third kappa shape index (κ3) is 4.03. The lowest BCUT2D eigenvalue weighted by Crippen LogP contribution is -2.53. The Hall–Kier alpha value is -1.43. The van der Waals surface area contributed by atoms with Crippen molar-refractivity contribution >= 4 is 19.7 Å². The molecule has 5 heteroatoms. The molecule has 0 saturated heterocycles. The van der Waals surface area contributed by atoms with Gasteiger partial charge in [-0.05, 0) is 30.1 Å². The molecule has 0 spiro atoms. The molecule has 0 bridgehead atoms. The molecule has 20 heavy (non-hydrogen) atoms. The Morgan fingerprint density at radius 1 is 1.30 bits per heavy atom. The minimum absolute atomic E-state index is 0.345. The maximum atomic E-state index is 11.0. The summed E-state index contributed by atoms with van der Waals surface area (Å²) in [5.41, 5.74) is 1.16. The molecule has 0 N–H and O–H groups in total. The van der Waals surface area contributed by atoms with E-state index < -0.39 is 14.5 Å². The zero-order valence-electron chi connectivity index (χ0n) is 12.3. The first kappa shape index (κ1) is 16.6. The van der Waals surface area contributed by atoms with E-state index in [1.54, 1.807) is 14.2 Å². The van der Waals surface area contributed by atoms with Crippen molar-refractivity contribution in [1.82, 2.24) is 0 Å². The Labute approximate surface area is 121 Å². The van der Waals surface area contributed by atoms with Crippen LogP contribution < -0.4 is 5.19 Å². The first-order valence-electron chi connectivity index (χ1n) is 6.55. The van der Waals surface area contributed by atoms with Gasteiger partial charge < -0.3 is 13.6 Å². The third-order valence-electron chi connectivity index (χ3n) is 3.28. The number of esters is 1. The molecule has 4 nitrogen and oxygen atoms in total. The van der Waals surface area contributed by atoms with E-state index in [9.17, 15) is 4.79 Å². The van der Waals surface area contributed by atoms with Crippen LogP contribution in [0.2, 0.25) is 6.04 Å². The van der Waals surface area contributed by atoms with Crippen LogP contribution in [0.25, 0.3) is 0 Å². The molecule has 0 amide bonds. The topological polar surface area (TPSA) is 44.8 Å². The molecule has 1 aromatic carbocycles. The van der Waals surface area contributed by atoms with Gasteiger partial charge in [0.15, 0.2) is 0 Å². The summed E-state index contributed by atoms with van der Waals surface area (Å²) in [6.07, 6.45) is 1.86. The fourth-order valence-electron chi connectivity index (χ4n) is 2.18. The second-order valence-electron chi connectivity index (χ2n) is 4.45. The van der Waals surface area contributed by atoms with Crippen molar-refractivity contribution in [3.8, 4) is 0 Å². The predicted molar refractivity (Wildman–Crippen MR) is 81.2 cm³/mol. The fourth-order valence-corrected chi connectivity index (χ4v) is 5.11. The first-order chi connectivity index (χ1) is 9.59. The minimum atomic E-state index is -2.46. The minimum Gasteiger partial charge on any atom is -0.463 e. The molecule has 110 valence electrons. The molecule has 0 heterocycles. The molecular formula is C15H22O4Si. The highest BCUT2D eigenvalue weighted by atomic mass is 28.4. The molecule has 0 fully saturated rings. The lowest BCUT2D eigenvalue weighted by molar-refractivity contribution is -0.137. The Bertz CT molecular complexity index is 455. The number of hydrogen-bond acceptors (Lipinski definition) is 4. The fraction of sp³-hybridized carbons (Fsp3) is 0.400. The van der Waals surface area contributed by atoms with E-state index in [1.165, 1.54) is 6.08 Å². The number of aryl methyl sites for hydroxylation is 1. The van der Waals surface area contributed by atoms with E-state index in [4.69, 9.17) is 13.6 Å². The maximum Gasteiger partial charge on any atom is 0.372 e. The summed E-state index contributed by atoms with van der Waals surface area (Å²) < 4.78 is 16.5. The van der Waals surface area contributed by atoms with Crippen LogP contribution in [-0.2, 0) is 18.4 Å². The van der Waals surface area contributed by atoms with Crippen LogP contribution in [0, 0.1) is 6.92 Å². The average Bonchev–Trinajstić information content (AvgIpc) is 2.48. The van der Waals surface area contributed by atoms with Gasteiger partial charge in [-0.2, -0.15) is 0 Å². The van der Waals surface area contributed by atoms with Gasteiger partial charge in [-0.25, -0.2) is 4.79 Å². The van der Waals surface area contributed by atoms with Crippen LogP contribution in [-0.4, -0.2) is 35.4 Å². The summed E-state index contributed by atoms with van der Waals surface area (Å²) in [5, 5.41) is 1.13. The molecule has 1 rings (SSSR count). The van der Waals surface area contributed by atoms with Crippen molar-refractivity contribution in [3.63, 3.8) is 0 Å². The van der Waals surface area contributed by atoms with E-state index in [2.05, 4.69) is 6.58 Å². The second kappa shape index (κ2) is 7.99. The number of carbonyl (C=O) groups is 1. The molecule has 0 aliphatic rings. The van der Waals surface area contributed by atoms with Crippen LogP contribution in [0.5, 0.6) is 0 Å². The summed E-state index contributed by atoms with van der Waals surface area (Å²) >= 11 is 0. The van der Waals surface area contributed by atoms with E-state index in [1.807, 2.05) is 31.2 Å². The number of carbonyl (C=O) groups excluding carboxylic acids is 1. The van der Waals surface area contributed by atoms with Crippen molar-refractivity contribution < 1.29 is 18.4 Å². The summed E-state index contributed by atoms with van der Waals surface area (Å²) in [5.74, 6) is -0.400. The molecular weight excluding hydrogens is 272 g/mol. The largest absolute Gasteiger partial charge is 0.463 e. The molecule has 0 aliphatic carbocycles. The van der Waals surface area contributed by atoms with Crippen LogP contribution >= 0.6 is 0 Å². The van der Waals surface area contributed by atoms with Crippen LogP contribution in [0.1, 0.15) is 12.0 Å². The SMILES string of the molecule is C=CC(=O)OCCC[Si](OC)(OC)c1ccccc1C. The Morgan fingerprint density at radius 3 is 2.50 bits per heavy atom. The molecule has 0 radical (unpaired) electrons. The number of ether oxygens (including phenoxy) is 1. The van der Waals surface area contributed by atoms with E-state index in [-0.39, 0.29) is 0 Å². The predicted octanol–water partition coefficient (Wildman–Crippen LogP) is 2.06. The molecule has 1 aromatic rings. The van der Waals surface area contributed by atoms with Gasteiger partial charge in [0.2, 0.25) is 0 Å². The number of benzene rings is 1. The highest BCUT2D eigenvalue weighted by molar-refractivity contribution is 6.81. The van der Waals surface area contributed by atoms with Gasteiger partial charge in [-0.3, -0.25) is 0 Å². The first-order valence-corrected chi connectivity index (χ1v) is 8.57. The van der Waals surface area contributed by atoms with Gasteiger partial charge in [0.1, 0.15) is 0 Å². The van der Waals surface area contributed by atoms with Crippen molar-refractivity contribution in [3.05, 3.63) is 42.5 Å². The smallest absolute Gasteiger partial charge is 0.372 e. The highest BCUT2D eigenvalue weighted by Gasteiger charge is 2.38. The van der Waals surface area contributed by atoms with E-state index in [0.29, 0.717) is 13.0 Å². The Kier molecular flexibility index (Phi) is 6.64. The van der Waals surface area contributed by atoms with Gasteiger partial charge >= 0.3 is 14.5 Å². The van der Waals surface area contributed by atoms with E-state index >= 15 is 0 Å². The van der Waals surface area contributed by atoms with E-state index in [0.717, 1.165) is 16.8 Å². The summed E-state index contributed by atoms with van der Waals surface area (Å²) in [7, 11) is 0.894. The van der Waals surface area contributed by atoms with Crippen LogP contribution in [0.15, 0.2) is 36.9 Å². The standard InChI is InChI=1S/C15H22O4Si/c1-5-15(16)19-11-8-12-20(17-3,18-4)14-10-7-6-9-13(14)2/h5-7,9-10H,1,8,11-12H2,2-4H3. The molecule has 0 aliphatic heterocycles. The van der Waals surface area contributed by atoms with Crippen molar-refractivity contribution in [2.75, 3.05) is 20.8 Å². The number of rotatable bonds is 8. The number of hydrogen-bond donors (Lipinski definition) is 0. The summed E-state index contributed by atoms with van der Waals surface area (Å²) in [6, 6.07) is 8.81. The normalized spacial score (nSPS) is 11.2. The summed E-state index contributed by atoms with van der Waals surface area (Å²) in [4.78, 5) is 11.0. The zero-order valence-corrected chi connectivity index (χ0v) is 13.3. The Balaban J connectivity index is 2.75. The lowest BCUT2D eigenvalue weighted by Gasteiger charge is -2.29. The quantitative estimate of drug-likeness (QED) is 0.319. The van der Waals surface area contributed by atoms with Gasteiger partial charge in [-0.1, -0.05) is 30.8 Å². The molecule has 0 aromatic heterocycles. The maximum absolute atomic E-state index is 11.0. The van der Waals surface area contributed by atoms with Gasteiger partial charge in [0, 0.05) is 20.3 Å². The third-order valence-corrected chi connectivity index (χ3v) is 6.99. The second-order valence-corrected chi connectivity index (χ2v) is 7.81. The molecule has 0 atom stereocenters.